The Morgan fingerprint density at radius 2 is 2.21 bits per heavy atom. The summed E-state index contributed by atoms with van der Waals surface area (Å²) < 4.78 is 0. The third-order valence-corrected chi connectivity index (χ3v) is 4.97. The third-order valence-electron chi connectivity index (χ3n) is 4.97. The number of carbonyl (C=O) groups excluding carboxylic acids is 1. The number of aryl methyl sites for hydroxylation is 1. The van der Waals surface area contributed by atoms with E-state index in [0.717, 1.165) is 29.7 Å². The summed E-state index contributed by atoms with van der Waals surface area (Å²) in [7, 11) is 0. The monoisotopic (exact) mass is 318 g/mol. The first-order valence-electron chi connectivity index (χ1n) is 8.23. The van der Waals surface area contributed by atoms with E-state index in [1.165, 1.54) is 16.5 Å². The molecule has 1 aliphatic rings. The molecule has 1 radical (unpaired) electrons. The molecule has 3 aromatic rings. The number of nitrogens with one attached hydrogen (secondary N) is 1. The number of rotatable bonds is 3. The zero-order chi connectivity index (χ0) is 16.7. The summed E-state index contributed by atoms with van der Waals surface area (Å²) in [5, 5.41) is 1.21. The third kappa shape index (κ3) is 2.39. The Labute approximate surface area is 141 Å². The molecule has 121 valence electrons. The highest BCUT2D eigenvalue weighted by Crippen LogP contribution is 2.32. The Kier molecular flexibility index (Phi) is 3.62. The molecule has 1 unspecified atom stereocenters. The number of nitrogens with zero attached hydrogens (tertiary/aromatic N) is 1. The molecule has 2 aromatic carbocycles. The van der Waals surface area contributed by atoms with Crippen LogP contribution < -0.4 is 5.73 Å². The van der Waals surface area contributed by atoms with Crippen molar-refractivity contribution in [1.82, 2.24) is 9.88 Å². The SMILES string of the molecule is Cc1[nH]c2ccccc2c1CN1CCc2c[c]ccc2C1C(N)=O. The zero-order valence-electron chi connectivity index (χ0n) is 13.7. The van der Waals surface area contributed by atoms with E-state index in [1.54, 1.807) is 0 Å². The number of nitrogens with two attached hydrogens (primary N) is 1. The van der Waals surface area contributed by atoms with E-state index >= 15 is 0 Å². The smallest absolute Gasteiger partial charge is 0.239 e. The van der Waals surface area contributed by atoms with Crippen LogP contribution in [0.1, 0.15) is 28.4 Å². The van der Waals surface area contributed by atoms with Crippen molar-refractivity contribution in [3.63, 3.8) is 0 Å². The molecule has 4 nitrogen and oxygen atoms in total. The molecule has 1 amide bonds. The van der Waals surface area contributed by atoms with Crippen molar-refractivity contribution in [3.8, 4) is 0 Å². The van der Waals surface area contributed by atoms with Crippen LogP contribution in [0.2, 0.25) is 0 Å². The Hall–Kier alpha value is -2.59. The summed E-state index contributed by atoms with van der Waals surface area (Å²) in [6.45, 7) is 3.61. The summed E-state index contributed by atoms with van der Waals surface area (Å²) in [6.07, 6.45) is 0.915. The van der Waals surface area contributed by atoms with Crippen molar-refractivity contribution in [3.05, 3.63) is 70.9 Å². The van der Waals surface area contributed by atoms with E-state index in [4.69, 9.17) is 5.73 Å². The quantitative estimate of drug-likeness (QED) is 0.780. The Morgan fingerprint density at radius 3 is 3.04 bits per heavy atom. The molecule has 2 heterocycles. The second kappa shape index (κ2) is 5.80. The number of aromatic nitrogens is 1. The number of carbonyl (C=O) groups is 1. The van der Waals surface area contributed by atoms with Crippen LogP contribution in [0.15, 0.2) is 42.5 Å². The topological polar surface area (TPSA) is 62.1 Å². The largest absolute Gasteiger partial charge is 0.368 e. The Balaban J connectivity index is 1.74. The molecule has 0 aliphatic carbocycles. The lowest BCUT2D eigenvalue weighted by molar-refractivity contribution is -0.124. The molecule has 1 aliphatic heterocycles. The number of fused-ring (bicyclic) bond motifs is 2. The fourth-order valence-corrected chi connectivity index (χ4v) is 3.80. The lowest BCUT2D eigenvalue weighted by atomic mass is 9.91. The summed E-state index contributed by atoms with van der Waals surface area (Å²) in [5.41, 5.74) is 11.5. The first-order valence-corrected chi connectivity index (χ1v) is 8.23. The minimum Gasteiger partial charge on any atom is -0.368 e. The van der Waals surface area contributed by atoms with Gasteiger partial charge >= 0.3 is 0 Å². The summed E-state index contributed by atoms with van der Waals surface area (Å²) in [4.78, 5) is 17.8. The Bertz CT molecular complexity index is 912. The van der Waals surface area contributed by atoms with Gasteiger partial charge in [-0.1, -0.05) is 36.4 Å². The molecule has 4 rings (SSSR count). The normalized spacial score (nSPS) is 17.8. The maximum absolute atomic E-state index is 12.2. The van der Waals surface area contributed by atoms with Crippen molar-refractivity contribution in [2.24, 2.45) is 5.73 Å². The van der Waals surface area contributed by atoms with Gasteiger partial charge in [0.2, 0.25) is 5.91 Å². The van der Waals surface area contributed by atoms with Gasteiger partial charge in [0, 0.05) is 29.7 Å². The van der Waals surface area contributed by atoms with Gasteiger partial charge in [-0.05, 0) is 42.2 Å². The molecule has 0 saturated carbocycles. The van der Waals surface area contributed by atoms with E-state index in [9.17, 15) is 4.79 Å². The van der Waals surface area contributed by atoms with E-state index in [1.807, 2.05) is 30.3 Å². The number of aromatic amines is 1. The van der Waals surface area contributed by atoms with Crippen LogP contribution in [0, 0.1) is 13.0 Å². The van der Waals surface area contributed by atoms with Crippen molar-refractivity contribution >= 4 is 16.8 Å². The molecular formula is C20H20N3O. The summed E-state index contributed by atoms with van der Waals surface area (Å²) in [5.74, 6) is -0.292. The lowest BCUT2D eigenvalue weighted by Gasteiger charge is -2.35. The van der Waals surface area contributed by atoms with E-state index in [0.29, 0.717) is 6.54 Å². The zero-order valence-corrected chi connectivity index (χ0v) is 13.7. The number of hydrogen-bond donors (Lipinski definition) is 2. The van der Waals surface area contributed by atoms with Gasteiger partial charge in [0.25, 0.3) is 0 Å². The van der Waals surface area contributed by atoms with Gasteiger partial charge in [0.15, 0.2) is 0 Å². The number of hydrogen-bond acceptors (Lipinski definition) is 2. The van der Waals surface area contributed by atoms with E-state index < -0.39 is 0 Å². The summed E-state index contributed by atoms with van der Waals surface area (Å²) >= 11 is 0. The second-order valence-corrected chi connectivity index (χ2v) is 6.42. The molecule has 0 spiro atoms. The lowest BCUT2D eigenvalue weighted by Crippen LogP contribution is -2.42. The highest BCUT2D eigenvalue weighted by Gasteiger charge is 2.32. The van der Waals surface area contributed by atoms with Gasteiger partial charge in [0.1, 0.15) is 6.04 Å². The van der Waals surface area contributed by atoms with Crippen molar-refractivity contribution in [2.45, 2.75) is 25.9 Å². The molecule has 4 heteroatoms. The number of para-hydroxylation sites is 1. The van der Waals surface area contributed by atoms with Crippen molar-refractivity contribution in [2.75, 3.05) is 6.54 Å². The average molecular weight is 318 g/mol. The van der Waals surface area contributed by atoms with Crippen LogP contribution in [-0.4, -0.2) is 22.3 Å². The maximum atomic E-state index is 12.2. The predicted molar refractivity (Wildman–Crippen MR) is 94.4 cm³/mol. The van der Waals surface area contributed by atoms with Crippen LogP contribution in [0.4, 0.5) is 0 Å². The van der Waals surface area contributed by atoms with Crippen LogP contribution in [0.25, 0.3) is 10.9 Å². The van der Waals surface area contributed by atoms with Crippen molar-refractivity contribution in [1.29, 1.82) is 0 Å². The number of amides is 1. The first-order chi connectivity index (χ1) is 11.6. The molecule has 0 bridgehead atoms. The molecule has 3 N–H and O–H groups in total. The van der Waals surface area contributed by atoms with Gasteiger partial charge in [-0.25, -0.2) is 0 Å². The fraction of sp³-hybridized carbons (Fsp3) is 0.250. The van der Waals surface area contributed by atoms with Crippen LogP contribution in [-0.2, 0) is 17.8 Å². The average Bonchev–Trinajstić information content (AvgIpc) is 2.90. The highest BCUT2D eigenvalue weighted by atomic mass is 16.1. The molecule has 1 atom stereocenters. The van der Waals surface area contributed by atoms with E-state index in [2.05, 4.69) is 35.0 Å². The highest BCUT2D eigenvalue weighted by molar-refractivity contribution is 5.85. The van der Waals surface area contributed by atoms with Crippen LogP contribution >= 0.6 is 0 Å². The standard InChI is InChI=1S/C20H20N3O/c1-13-17(16-8-4-5-9-18(16)22-13)12-23-11-10-14-6-2-3-7-15(14)19(23)20(21)24/h3-9,19,22H,10-12H2,1H3,(H2,21,24). The van der Waals surface area contributed by atoms with Crippen LogP contribution in [0.5, 0.6) is 0 Å². The van der Waals surface area contributed by atoms with Gasteiger partial charge in [0.05, 0.1) is 0 Å². The summed E-state index contributed by atoms with van der Waals surface area (Å²) in [6, 6.07) is 16.8. The Morgan fingerprint density at radius 1 is 1.38 bits per heavy atom. The van der Waals surface area contributed by atoms with Gasteiger partial charge in [-0.2, -0.15) is 0 Å². The van der Waals surface area contributed by atoms with Gasteiger partial charge < -0.3 is 10.7 Å². The molecular weight excluding hydrogens is 298 g/mol. The number of benzene rings is 2. The minimum atomic E-state index is -0.378. The van der Waals surface area contributed by atoms with Crippen molar-refractivity contribution < 1.29 is 4.79 Å². The second-order valence-electron chi connectivity index (χ2n) is 6.42. The predicted octanol–water partition coefficient (Wildman–Crippen LogP) is 2.86. The molecule has 0 fully saturated rings. The number of H-pyrrole nitrogens is 1. The van der Waals surface area contributed by atoms with Crippen LogP contribution in [0.3, 0.4) is 0 Å². The molecule has 1 aromatic heterocycles. The molecule has 0 saturated heterocycles. The minimum absolute atomic E-state index is 0.292. The van der Waals surface area contributed by atoms with E-state index in [-0.39, 0.29) is 11.9 Å². The first kappa shape index (κ1) is 15.0. The fourth-order valence-electron chi connectivity index (χ4n) is 3.80. The molecule has 24 heavy (non-hydrogen) atoms. The van der Waals surface area contributed by atoms with Gasteiger partial charge in [-0.3, -0.25) is 9.69 Å². The van der Waals surface area contributed by atoms with Gasteiger partial charge in [-0.15, -0.1) is 0 Å². The maximum Gasteiger partial charge on any atom is 0.239 e. The number of primary amides is 1.